The predicted octanol–water partition coefficient (Wildman–Crippen LogP) is 3.92. The summed E-state index contributed by atoms with van der Waals surface area (Å²) >= 11 is 5.21. The van der Waals surface area contributed by atoms with E-state index in [4.69, 9.17) is 0 Å². The van der Waals surface area contributed by atoms with E-state index in [1.807, 2.05) is 32.2 Å². The summed E-state index contributed by atoms with van der Waals surface area (Å²) in [6, 6.07) is 8.13. The molecule has 0 radical (unpaired) electrons. The summed E-state index contributed by atoms with van der Waals surface area (Å²) in [4.78, 5) is 4.54. The minimum Gasteiger partial charge on any atom is -0.378 e. The van der Waals surface area contributed by atoms with Crippen molar-refractivity contribution in [2.24, 2.45) is 0 Å². The van der Waals surface area contributed by atoms with Crippen molar-refractivity contribution in [3.63, 3.8) is 0 Å². The van der Waals surface area contributed by atoms with Gasteiger partial charge in [0.1, 0.15) is 10.0 Å². The highest BCUT2D eigenvalue weighted by Crippen LogP contribution is 2.35. The van der Waals surface area contributed by atoms with Crippen LogP contribution < -0.4 is 5.32 Å². The molecule has 0 atom stereocenters. The van der Waals surface area contributed by atoms with Gasteiger partial charge < -0.3 is 5.32 Å². The van der Waals surface area contributed by atoms with Gasteiger partial charge in [-0.05, 0) is 13.0 Å². The normalized spacial score (nSPS) is 10.3. The van der Waals surface area contributed by atoms with Crippen LogP contribution in [0.5, 0.6) is 0 Å². The van der Waals surface area contributed by atoms with Gasteiger partial charge in [0, 0.05) is 17.1 Å². The Kier molecular flexibility index (Phi) is 3.07. The van der Waals surface area contributed by atoms with Crippen LogP contribution in [0.2, 0.25) is 0 Å². The lowest BCUT2D eigenvalue weighted by atomic mass is 10.2. The topological polar surface area (TPSA) is 24.9 Å². The fourth-order valence-electron chi connectivity index (χ4n) is 1.38. The van der Waals surface area contributed by atoms with Crippen molar-refractivity contribution in [1.29, 1.82) is 0 Å². The number of aromatic nitrogens is 1. The molecule has 0 saturated heterocycles. The monoisotopic (exact) mass is 282 g/mol. The Balaban J connectivity index is 2.50. The van der Waals surface area contributed by atoms with Crippen molar-refractivity contribution in [2.75, 3.05) is 12.4 Å². The zero-order chi connectivity index (χ0) is 10.8. The Labute approximate surface area is 101 Å². The van der Waals surface area contributed by atoms with Crippen LogP contribution in [0.15, 0.2) is 28.7 Å². The summed E-state index contributed by atoms with van der Waals surface area (Å²) < 4.78 is 1.08. The molecule has 0 aliphatic rings. The van der Waals surface area contributed by atoms with Crippen molar-refractivity contribution in [1.82, 2.24) is 4.98 Å². The first-order valence-electron chi connectivity index (χ1n) is 4.62. The Hall–Kier alpha value is -0.870. The van der Waals surface area contributed by atoms with Gasteiger partial charge in [0.05, 0.1) is 5.69 Å². The molecule has 0 spiro atoms. The van der Waals surface area contributed by atoms with E-state index in [1.54, 1.807) is 11.3 Å². The smallest absolute Gasteiger partial charge is 0.126 e. The van der Waals surface area contributed by atoms with Gasteiger partial charge in [-0.3, -0.25) is 0 Å². The summed E-state index contributed by atoms with van der Waals surface area (Å²) in [7, 11) is 1.92. The zero-order valence-electron chi connectivity index (χ0n) is 8.54. The third-order valence-corrected chi connectivity index (χ3v) is 4.03. The van der Waals surface area contributed by atoms with Crippen LogP contribution in [-0.4, -0.2) is 12.0 Å². The average Bonchev–Trinajstić information content (AvgIpc) is 2.60. The second-order valence-electron chi connectivity index (χ2n) is 3.16. The Morgan fingerprint density at radius 1 is 1.33 bits per heavy atom. The molecule has 78 valence electrons. The molecule has 1 aromatic heterocycles. The highest BCUT2D eigenvalue weighted by molar-refractivity contribution is 9.10. The summed E-state index contributed by atoms with van der Waals surface area (Å²) in [5.41, 5.74) is 2.19. The molecule has 0 bridgehead atoms. The van der Waals surface area contributed by atoms with Gasteiger partial charge in [0.15, 0.2) is 0 Å². The molecular weight excluding hydrogens is 272 g/mol. The number of nitrogens with zero attached hydrogens (tertiary/aromatic N) is 1. The molecular formula is C11H11BrN2S. The third-order valence-electron chi connectivity index (χ3n) is 2.13. The first kappa shape index (κ1) is 10.6. The van der Waals surface area contributed by atoms with Gasteiger partial charge in [-0.1, -0.05) is 45.5 Å². The number of halogens is 1. The second-order valence-corrected chi connectivity index (χ2v) is 5.02. The van der Waals surface area contributed by atoms with E-state index in [2.05, 4.69) is 32.3 Å². The fraction of sp³-hybridized carbons (Fsp3) is 0.182. The van der Waals surface area contributed by atoms with Crippen LogP contribution in [0.1, 0.15) is 5.69 Å². The van der Waals surface area contributed by atoms with Gasteiger partial charge in [-0.15, -0.1) is 0 Å². The van der Waals surface area contributed by atoms with E-state index in [0.29, 0.717) is 0 Å². The SMILES string of the molecule is CNc1sc(-c2ccccc2Br)nc1C. The van der Waals surface area contributed by atoms with Crippen molar-refractivity contribution in [3.8, 4) is 10.6 Å². The number of hydrogen-bond donors (Lipinski definition) is 1. The zero-order valence-corrected chi connectivity index (χ0v) is 10.9. The van der Waals surface area contributed by atoms with Crippen molar-refractivity contribution < 1.29 is 0 Å². The number of benzene rings is 1. The molecule has 1 aromatic carbocycles. The first-order valence-corrected chi connectivity index (χ1v) is 6.23. The Morgan fingerprint density at radius 3 is 2.67 bits per heavy atom. The van der Waals surface area contributed by atoms with Gasteiger partial charge in [-0.2, -0.15) is 0 Å². The van der Waals surface area contributed by atoms with E-state index >= 15 is 0 Å². The van der Waals surface area contributed by atoms with Crippen LogP contribution in [0.3, 0.4) is 0 Å². The Bertz CT molecular complexity index is 479. The maximum atomic E-state index is 4.54. The molecule has 2 nitrogen and oxygen atoms in total. The molecule has 0 fully saturated rings. The number of rotatable bonds is 2. The van der Waals surface area contributed by atoms with Crippen LogP contribution >= 0.6 is 27.3 Å². The third kappa shape index (κ3) is 2.06. The summed E-state index contributed by atoms with van der Waals surface area (Å²) in [5.74, 6) is 0. The van der Waals surface area contributed by atoms with E-state index in [1.165, 1.54) is 0 Å². The molecule has 1 heterocycles. The highest BCUT2D eigenvalue weighted by atomic mass is 79.9. The van der Waals surface area contributed by atoms with Crippen molar-refractivity contribution >= 4 is 32.3 Å². The number of anilines is 1. The van der Waals surface area contributed by atoms with E-state index in [0.717, 1.165) is 25.7 Å². The van der Waals surface area contributed by atoms with Gasteiger partial charge in [0.25, 0.3) is 0 Å². The van der Waals surface area contributed by atoms with Crippen molar-refractivity contribution in [2.45, 2.75) is 6.92 Å². The number of hydrogen-bond acceptors (Lipinski definition) is 3. The molecule has 0 amide bonds. The summed E-state index contributed by atoms with van der Waals surface area (Å²) in [6.07, 6.45) is 0. The molecule has 0 aliphatic carbocycles. The molecule has 0 saturated carbocycles. The molecule has 1 N–H and O–H groups in total. The van der Waals surface area contributed by atoms with Crippen LogP contribution in [0, 0.1) is 6.92 Å². The standard InChI is InChI=1S/C11H11BrN2S/c1-7-10(13-2)15-11(14-7)8-5-3-4-6-9(8)12/h3-6,13H,1-2H3. The molecule has 4 heteroatoms. The summed E-state index contributed by atoms with van der Waals surface area (Å²) in [5, 5.41) is 5.32. The lowest BCUT2D eigenvalue weighted by Gasteiger charge is -1.98. The quantitative estimate of drug-likeness (QED) is 0.903. The maximum Gasteiger partial charge on any atom is 0.126 e. The fourth-order valence-corrected chi connectivity index (χ4v) is 2.94. The minimum absolute atomic E-state index is 1.05. The molecule has 2 aromatic rings. The number of nitrogens with one attached hydrogen (secondary N) is 1. The van der Waals surface area contributed by atoms with E-state index in [-0.39, 0.29) is 0 Å². The van der Waals surface area contributed by atoms with Crippen LogP contribution in [-0.2, 0) is 0 Å². The number of thiazole rings is 1. The van der Waals surface area contributed by atoms with E-state index in [9.17, 15) is 0 Å². The maximum absolute atomic E-state index is 4.54. The molecule has 2 rings (SSSR count). The summed E-state index contributed by atoms with van der Waals surface area (Å²) in [6.45, 7) is 2.02. The van der Waals surface area contributed by atoms with Gasteiger partial charge in [0.2, 0.25) is 0 Å². The minimum atomic E-state index is 1.05. The Morgan fingerprint density at radius 2 is 2.07 bits per heavy atom. The van der Waals surface area contributed by atoms with Crippen molar-refractivity contribution in [3.05, 3.63) is 34.4 Å². The molecule has 0 aliphatic heterocycles. The molecule has 15 heavy (non-hydrogen) atoms. The lowest BCUT2D eigenvalue weighted by molar-refractivity contribution is 1.26. The highest BCUT2D eigenvalue weighted by Gasteiger charge is 2.09. The number of aryl methyl sites for hydroxylation is 1. The largest absolute Gasteiger partial charge is 0.378 e. The second kappa shape index (κ2) is 4.33. The van der Waals surface area contributed by atoms with Gasteiger partial charge in [-0.25, -0.2) is 4.98 Å². The van der Waals surface area contributed by atoms with Gasteiger partial charge >= 0.3 is 0 Å². The molecule has 0 unspecified atom stereocenters. The predicted molar refractivity (Wildman–Crippen MR) is 69.5 cm³/mol. The first-order chi connectivity index (χ1) is 7.22. The lowest BCUT2D eigenvalue weighted by Crippen LogP contribution is -1.85. The average molecular weight is 283 g/mol. The van der Waals surface area contributed by atoms with E-state index < -0.39 is 0 Å². The van der Waals surface area contributed by atoms with Crippen LogP contribution in [0.25, 0.3) is 10.6 Å². The van der Waals surface area contributed by atoms with Crippen LogP contribution in [0.4, 0.5) is 5.00 Å².